The molecule has 1 aliphatic heterocycles. The Morgan fingerprint density at radius 1 is 1.30 bits per heavy atom. The number of carbonyl (C=O) groups excluding carboxylic acids is 3. The Balaban J connectivity index is 2.04. The number of aromatic hydroxyl groups is 1. The van der Waals surface area contributed by atoms with Crippen molar-refractivity contribution in [2.45, 2.75) is 43.8 Å². The van der Waals surface area contributed by atoms with E-state index in [1.54, 1.807) is 18.4 Å². The zero-order valence-corrected chi connectivity index (χ0v) is 14.6. The van der Waals surface area contributed by atoms with E-state index in [-0.39, 0.29) is 12.2 Å². The molecular formula is C18H22N3O6. The summed E-state index contributed by atoms with van der Waals surface area (Å²) in [6.45, 7) is 0.310. The summed E-state index contributed by atoms with van der Waals surface area (Å²) in [5, 5.41) is 20.7. The van der Waals surface area contributed by atoms with Crippen LogP contribution in [0.2, 0.25) is 0 Å². The highest BCUT2D eigenvalue weighted by atomic mass is 16.4. The zero-order chi connectivity index (χ0) is 20.0. The van der Waals surface area contributed by atoms with E-state index in [0.717, 1.165) is 0 Å². The second kappa shape index (κ2) is 9.13. The summed E-state index contributed by atoms with van der Waals surface area (Å²) in [7, 11) is 0. The molecule has 1 radical (unpaired) electrons. The van der Waals surface area contributed by atoms with Crippen molar-refractivity contribution in [3.05, 3.63) is 29.8 Å². The van der Waals surface area contributed by atoms with Crippen LogP contribution in [0.15, 0.2) is 24.3 Å². The zero-order valence-electron chi connectivity index (χ0n) is 14.6. The number of carboxylic acids is 1. The van der Waals surface area contributed by atoms with Crippen LogP contribution >= 0.6 is 0 Å². The number of benzene rings is 1. The molecule has 0 bridgehead atoms. The van der Waals surface area contributed by atoms with Crippen LogP contribution < -0.4 is 11.1 Å². The van der Waals surface area contributed by atoms with Crippen LogP contribution in [0.25, 0.3) is 0 Å². The number of hydrogen-bond donors (Lipinski definition) is 4. The van der Waals surface area contributed by atoms with Gasteiger partial charge in [0.15, 0.2) is 0 Å². The Labute approximate surface area is 156 Å². The third-order valence-electron chi connectivity index (χ3n) is 4.39. The maximum atomic E-state index is 12.6. The minimum Gasteiger partial charge on any atom is -0.508 e. The van der Waals surface area contributed by atoms with E-state index < -0.39 is 42.3 Å². The van der Waals surface area contributed by atoms with Crippen LogP contribution in [0.3, 0.4) is 0 Å². The van der Waals surface area contributed by atoms with Gasteiger partial charge in [0.2, 0.25) is 18.1 Å². The molecule has 0 aromatic heterocycles. The van der Waals surface area contributed by atoms with Crippen LogP contribution in [0.5, 0.6) is 5.75 Å². The molecule has 0 spiro atoms. The third kappa shape index (κ3) is 5.52. The first-order chi connectivity index (χ1) is 12.8. The third-order valence-corrected chi connectivity index (χ3v) is 4.39. The Hall–Kier alpha value is -2.94. The predicted molar refractivity (Wildman–Crippen MR) is 94.4 cm³/mol. The van der Waals surface area contributed by atoms with Crippen molar-refractivity contribution in [3.63, 3.8) is 0 Å². The van der Waals surface area contributed by atoms with E-state index in [1.807, 2.05) is 0 Å². The fraction of sp³-hybridized carbons (Fsp3) is 0.444. The summed E-state index contributed by atoms with van der Waals surface area (Å²) in [6, 6.07) is 3.09. The first-order valence-corrected chi connectivity index (χ1v) is 8.55. The lowest BCUT2D eigenvalue weighted by molar-refractivity contribution is -0.143. The lowest BCUT2D eigenvalue weighted by atomic mass is 10.0. The standard InChI is InChI=1S/C18H22N3O6/c19-14(8-11-3-5-13(23)6-4-11)17(26)20-15(9-16(24)25)18(27)21-7-1-2-12(21)10-22/h3-6,12,14-15,23H,1-2,7-9,19H2,(H,20,26)(H,24,25)/t12-,14-,15-/m0/s1. The summed E-state index contributed by atoms with van der Waals surface area (Å²) in [6.07, 6.45) is 2.37. The highest BCUT2D eigenvalue weighted by Crippen LogP contribution is 2.17. The lowest BCUT2D eigenvalue weighted by Gasteiger charge is -2.26. The van der Waals surface area contributed by atoms with E-state index in [2.05, 4.69) is 5.32 Å². The molecule has 3 atom stereocenters. The minimum absolute atomic E-state index is 0.0797. The van der Waals surface area contributed by atoms with Crippen LogP contribution in [0.1, 0.15) is 24.8 Å². The topological polar surface area (TPSA) is 150 Å². The normalized spacial score (nSPS) is 18.6. The maximum absolute atomic E-state index is 12.6. The van der Waals surface area contributed by atoms with Gasteiger partial charge in [0.05, 0.1) is 18.5 Å². The lowest BCUT2D eigenvalue weighted by Crippen LogP contribution is -2.54. The largest absolute Gasteiger partial charge is 0.508 e. The molecule has 2 rings (SSSR count). The van der Waals surface area contributed by atoms with Gasteiger partial charge in [-0.05, 0) is 37.0 Å². The number of amides is 2. The molecule has 1 aromatic carbocycles. The van der Waals surface area contributed by atoms with Crippen molar-refractivity contribution in [3.8, 4) is 5.75 Å². The van der Waals surface area contributed by atoms with Crippen LogP contribution in [0, 0.1) is 0 Å². The van der Waals surface area contributed by atoms with Crippen LogP contribution in [0.4, 0.5) is 0 Å². The quantitative estimate of drug-likeness (QED) is 0.469. The smallest absolute Gasteiger partial charge is 0.305 e. The molecular weight excluding hydrogens is 354 g/mol. The van der Waals surface area contributed by atoms with Gasteiger partial charge in [0.25, 0.3) is 0 Å². The monoisotopic (exact) mass is 376 g/mol. The van der Waals surface area contributed by atoms with Gasteiger partial charge in [-0.1, -0.05) is 12.1 Å². The van der Waals surface area contributed by atoms with Crippen molar-refractivity contribution in [1.82, 2.24) is 10.2 Å². The number of carbonyl (C=O) groups is 3. The van der Waals surface area contributed by atoms with E-state index >= 15 is 0 Å². The number of phenolic OH excluding ortho intramolecular Hbond substituents is 1. The molecule has 1 saturated heterocycles. The van der Waals surface area contributed by atoms with Gasteiger partial charge in [0.1, 0.15) is 11.8 Å². The average Bonchev–Trinajstić information content (AvgIpc) is 3.10. The molecule has 0 saturated carbocycles. The summed E-state index contributed by atoms with van der Waals surface area (Å²) in [4.78, 5) is 48.3. The number of nitrogens with zero attached hydrogens (tertiary/aromatic N) is 1. The summed E-state index contributed by atoms with van der Waals surface area (Å²) >= 11 is 0. The van der Waals surface area contributed by atoms with E-state index in [9.17, 15) is 24.3 Å². The molecule has 1 aliphatic rings. The SMILES string of the molecule is N[C@@H](Cc1ccc(O)cc1)C(=O)N[C@@H](CC(=O)O)C(=O)N1CCC[C@H]1[C]=O. The maximum Gasteiger partial charge on any atom is 0.305 e. The van der Waals surface area contributed by atoms with Crippen LogP contribution in [-0.2, 0) is 25.6 Å². The van der Waals surface area contributed by atoms with Gasteiger partial charge < -0.3 is 26.2 Å². The van der Waals surface area contributed by atoms with Crippen molar-refractivity contribution in [1.29, 1.82) is 0 Å². The summed E-state index contributed by atoms with van der Waals surface area (Å²) in [5.74, 6) is -2.48. The Bertz CT molecular complexity index is 706. The molecule has 27 heavy (non-hydrogen) atoms. The fourth-order valence-corrected chi connectivity index (χ4v) is 2.99. The second-order valence-corrected chi connectivity index (χ2v) is 6.44. The number of phenols is 1. The summed E-state index contributed by atoms with van der Waals surface area (Å²) in [5.41, 5.74) is 6.56. The summed E-state index contributed by atoms with van der Waals surface area (Å²) < 4.78 is 0. The number of likely N-dealkylation sites (tertiary alicyclic amines) is 1. The van der Waals surface area contributed by atoms with Crippen LogP contribution in [-0.4, -0.2) is 63.9 Å². The molecule has 9 heteroatoms. The Morgan fingerprint density at radius 3 is 2.56 bits per heavy atom. The minimum atomic E-state index is -1.31. The second-order valence-electron chi connectivity index (χ2n) is 6.44. The van der Waals surface area contributed by atoms with Crippen molar-refractivity contribution >= 4 is 24.1 Å². The fourth-order valence-electron chi connectivity index (χ4n) is 2.99. The highest BCUT2D eigenvalue weighted by molar-refractivity contribution is 5.93. The average molecular weight is 376 g/mol. The molecule has 0 aliphatic carbocycles. The Kier molecular flexibility index (Phi) is 6.89. The predicted octanol–water partition coefficient (Wildman–Crippen LogP) is -0.678. The molecule has 1 fully saturated rings. The number of nitrogens with one attached hydrogen (secondary N) is 1. The van der Waals surface area contributed by atoms with Gasteiger partial charge >= 0.3 is 5.97 Å². The van der Waals surface area contributed by atoms with Crippen molar-refractivity contribution < 1.29 is 29.4 Å². The van der Waals surface area contributed by atoms with Gasteiger partial charge in [-0.15, -0.1) is 0 Å². The number of rotatable bonds is 8. The molecule has 2 amide bonds. The van der Waals surface area contributed by atoms with Gasteiger partial charge in [-0.3, -0.25) is 19.2 Å². The van der Waals surface area contributed by atoms with Gasteiger partial charge in [0, 0.05) is 6.54 Å². The van der Waals surface area contributed by atoms with E-state index in [4.69, 9.17) is 10.8 Å². The molecule has 1 heterocycles. The van der Waals surface area contributed by atoms with Gasteiger partial charge in [-0.2, -0.15) is 0 Å². The number of aliphatic carboxylic acids is 1. The van der Waals surface area contributed by atoms with Crippen molar-refractivity contribution in [2.75, 3.05) is 6.54 Å². The highest BCUT2D eigenvalue weighted by Gasteiger charge is 2.35. The molecule has 5 N–H and O–H groups in total. The van der Waals surface area contributed by atoms with Gasteiger partial charge in [-0.25, -0.2) is 0 Å². The van der Waals surface area contributed by atoms with Crippen molar-refractivity contribution in [2.24, 2.45) is 5.73 Å². The first-order valence-electron chi connectivity index (χ1n) is 8.55. The van der Waals surface area contributed by atoms with E-state index in [0.29, 0.717) is 24.9 Å². The number of nitrogens with two attached hydrogens (primary N) is 1. The number of hydrogen-bond acceptors (Lipinski definition) is 6. The number of carboxylic acid groups (broad SMARTS) is 1. The first kappa shape index (κ1) is 20.4. The molecule has 9 nitrogen and oxygen atoms in total. The van der Waals surface area contributed by atoms with E-state index in [1.165, 1.54) is 17.0 Å². The Morgan fingerprint density at radius 2 is 1.96 bits per heavy atom. The molecule has 1 aromatic rings. The molecule has 0 unspecified atom stereocenters. The molecule has 145 valence electrons.